The number of aryl methyl sites for hydroxylation is 2. The largest absolute Gasteiger partial charge is 0.394 e. The van der Waals surface area contributed by atoms with Crippen LogP contribution in [0.4, 0.5) is 4.79 Å². The van der Waals surface area contributed by atoms with Gasteiger partial charge in [0.2, 0.25) is 0 Å². The van der Waals surface area contributed by atoms with Crippen LogP contribution in [0.15, 0.2) is 36.7 Å². The molecule has 2 rings (SSSR count). The third kappa shape index (κ3) is 4.33. The van der Waals surface area contributed by atoms with Gasteiger partial charge in [0.1, 0.15) is 0 Å². The van der Waals surface area contributed by atoms with E-state index in [0.717, 1.165) is 17.5 Å². The first-order valence-electron chi connectivity index (χ1n) is 7.34. The molecule has 0 saturated carbocycles. The van der Waals surface area contributed by atoms with Crippen LogP contribution in [0.3, 0.4) is 0 Å². The van der Waals surface area contributed by atoms with Gasteiger partial charge in [-0.25, -0.2) is 4.79 Å². The van der Waals surface area contributed by atoms with E-state index in [1.807, 2.05) is 37.5 Å². The van der Waals surface area contributed by atoms with Crippen LogP contribution >= 0.6 is 0 Å². The Balaban J connectivity index is 1.89. The second-order valence-corrected chi connectivity index (χ2v) is 5.18. The van der Waals surface area contributed by atoms with Gasteiger partial charge in [-0.3, -0.25) is 4.68 Å². The van der Waals surface area contributed by atoms with Gasteiger partial charge in [-0.2, -0.15) is 5.10 Å². The van der Waals surface area contributed by atoms with Crippen LogP contribution in [-0.4, -0.2) is 27.5 Å². The van der Waals surface area contributed by atoms with Crippen molar-refractivity contribution in [2.24, 2.45) is 7.05 Å². The van der Waals surface area contributed by atoms with E-state index in [4.69, 9.17) is 0 Å². The van der Waals surface area contributed by atoms with Gasteiger partial charge in [-0.1, -0.05) is 31.2 Å². The summed E-state index contributed by atoms with van der Waals surface area (Å²) in [4.78, 5) is 11.9. The predicted octanol–water partition coefficient (Wildman–Crippen LogP) is 1.52. The van der Waals surface area contributed by atoms with Crippen molar-refractivity contribution < 1.29 is 9.90 Å². The summed E-state index contributed by atoms with van der Waals surface area (Å²) >= 11 is 0. The van der Waals surface area contributed by atoms with Crippen molar-refractivity contribution in [2.75, 3.05) is 6.61 Å². The van der Waals surface area contributed by atoms with E-state index in [9.17, 15) is 9.90 Å². The van der Waals surface area contributed by atoms with Crippen LogP contribution in [0.2, 0.25) is 0 Å². The SMILES string of the molecule is CCc1ccc(C(CO)NC(=O)NCc2cnn(C)c2)cc1. The minimum atomic E-state index is -0.417. The Morgan fingerprint density at radius 3 is 2.59 bits per heavy atom. The zero-order valence-corrected chi connectivity index (χ0v) is 12.9. The van der Waals surface area contributed by atoms with Crippen LogP contribution < -0.4 is 10.6 Å². The zero-order chi connectivity index (χ0) is 15.9. The van der Waals surface area contributed by atoms with Crippen LogP contribution in [0, 0.1) is 0 Å². The summed E-state index contributed by atoms with van der Waals surface area (Å²) in [6.45, 7) is 2.33. The van der Waals surface area contributed by atoms with Crippen molar-refractivity contribution >= 4 is 6.03 Å². The van der Waals surface area contributed by atoms with Crippen LogP contribution in [0.1, 0.15) is 29.7 Å². The fraction of sp³-hybridized carbons (Fsp3) is 0.375. The number of aliphatic hydroxyl groups is 1. The molecule has 0 aliphatic heterocycles. The summed E-state index contributed by atoms with van der Waals surface area (Å²) in [5.74, 6) is 0. The van der Waals surface area contributed by atoms with Gasteiger partial charge in [0.25, 0.3) is 0 Å². The highest BCUT2D eigenvalue weighted by atomic mass is 16.3. The van der Waals surface area contributed by atoms with Gasteiger partial charge < -0.3 is 15.7 Å². The van der Waals surface area contributed by atoms with Crippen molar-refractivity contribution in [1.82, 2.24) is 20.4 Å². The third-order valence-corrected chi connectivity index (χ3v) is 3.49. The molecule has 1 atom stereocenters. The molecular weight excluding hydrogens is 280 g/mol. The number of nitrogens with zero attached hydrogens (tertiary/aromatic N) is 2. The molecule has 0 saturated heterocycles. The molecule has 1 heterocycles. The van der Waals surface area contributed by atoms with Crippen molar-refractivity contribution in [2.45, 2.75) is 25.9 Å². The van der Waals surface area contributed by atoms with Gasteiger partial charge in [0, 0.05) is 25.4 Å². The molecule has 2 aromatic rings. The smallest absolute Gasteiger partial charge is 0.315 e. The first kappa shape index (κ1) is 16.0. The molecule has 22 heavy (non-hydrogen) atoms. The molecule has 0 spiro atoms. The second-order valence-electron chi connectivity index (χ2n) is 5.18. The fourth-order valence-corrected chi connectivity index (χ4v) is 2.17. The second kappa shape index (κ2) is 7.61. The quantitative estimate of drug-likeness (QED) is 0.757. The summed E-state index contributed by atoms with van der Waals surface area (Å²) in [5.41, 5.74) is 3.03. The number of hydrogen-bond donors (Lipinski definition) is 3. The summed E-state index contributed by atoms with van der Waals surface area (Å²) < 4.78 is 1.68. The van der Waals surface area contributed by atoms with Gasteiger partial charge >= 0.3 is 6.03 Å². The van der Waals surface area contributed by atoms with E-state index in [-0.39, 0.29) is 12.6 Å². The lowest BCUT2D eigenvalue weighted by molar-refractivity contribution is 0.216. The number of amides is 2. The van der Waals surface area contributed by atoms with Crippen LogP contribution in [0.25, 0.3) is 0 Å². The maximum atomic E-state index is 11.9. The molecule has 1 unspecified atom stereocenters. The first-order chi connectivity index (χ1) is 10.6. The minimum Gasteiger partial charge on any atom is -0.394 e. The van der Waals surface area contributed by atoms with Crippen LogP contribution in [-0.2, 0) is 20.0 Å². The highest BCUT2D eigenvalue weighted by Crippen LogP contribution is 2.14. The molecule has 6 heteroatoms. The number of carbonyl (C=O) groups excluding carboxylic acids is 1. The van der Waals surface area contributed by atoms with E-state index >= 15 is 0 Å². The van der Waals surface area contributed by atoms with Gasteiger partial charge in [0.15, 0.2) is 0 Å². The highest BCUT2D eigenvalue weighted by Gasteiger charge is 2.13. The Hall–Kier alpha value is -2.34. The molecular formula is C16H22N4O2. The lowest BCUT2D eigenvalue weighted by atomic mass is 10.0. The number of carbonyl (C=O) groups is 1. The number of urea groups is 1. The normalized spacial score (nSPS) is 12.0. The summed E-state index contributed by atoms with van der Waals surface area (Å²) in [5, 5.41) is 19.1. The van der Waals surface area contributed by atoms with E-state index in [0.29, 0.717) is 6.54 Å². The average Bonchev–Trinajstić information content (AvgIpc) is 2.96. The summed E-state index contributed by atoms with van der Waals surface area (Å²) in [7, 11) is 1.82. The Morgan fingerprint density at radius 2 is 2.05 bits per heavy atom. The number of aliphatic hydroxyl groups excluding tert-OH is 1. The summed E-state index contributed by atoms with van der Waals surface area (Å²) in [6.07, 6.45) is 4.50. The van der Waals surface area contributed by atoms with Gasteiger partial charge in [-0.05, 0) is 17.5 Å². The zero-order valence-electron chi connectivity index (χ0n) is 12.9. The number of nitrogens with one attached hydrogen (secondary N) is 2. The van der Waals surface area contributed by atoms with Crippen molar-refractivity contribution in [3.63, 3.8) is 0 Å². The minimum absolute atomic E-state index is 0.147. The van der Waals surface area contributed by atoms with Crippen molar-refractivity contribution in [3.05, 3.63) is 53.3 Å². The van der Waals surface area contributed by atoms with Crippen LogP contribution in [0.5, 0.6) is 0 Å². The molecule has 6 nitrogen and oxygen atoms in total. The van der Waals surface area contributed by atoms with E-state index in [2.05, 4.69) is 22.7 Å². The topological polar surface area (TPSA) is 79.2 Å². The Labute approximate surface area is 130 Å². The molecule has 0 aliphatic rings. The highest BCUT2D eigenvalue weighted by molar-refractivity contribution is 5.74. The maximum Gasteiger partial charge on any atom is 0.315 e. The average molecular weight is 302 g/mol. The lowest BCUT2D eigenvalue weighted by Gasteiger charge is -2.17. The van der Waals surface area contributed by atoms with Gasteiger partial charge in [-0.15, -0.1) is 0 Å². The van der Waals surface area contributed by atoms with Crippen molar-refractivity contribution in [3.8, 4) is 0 Å². The number of rotatable bonds is 6. The number of aromatic nitrogens is 2. The van der Waals surface area contributed by atoms with E-state index in [1.54, 1.807) is 10.9 Å². The molecule has 0 aliphatic carbocycles. The lowest BCUT2D eigenvalue weighted by Crippen LogP contribution is -2.38. The number of hydrogen-bond acceptors (Lipinski definition) is 3. The molecule has 3 N–H and O–H groups in total. The molecule has 0 radical (unpaired) electrons. The molecule has 1 aromatic heterocycles. The Kier molecular flexibility index (Phi) is 5.55. The molecule has 2 amide bonds. The molecule has 1 aromatic carbocycles. The molecule has 0 fully saturated rings. The summed E-state index contributed by atoms with van der Waals surface area (Å²) in [6, 6.07) is 7.14. The van der Waals surface area contributed by atoms with Crippen molar-refractivity contribution in [1.29, 1.82) is 0 Å². The Morgan fingerprint density at radius 1 is 1.32 bits per heavy atom. The molecule has 0 bridgehead atoms. The standard InChI is InChI=1S/C16H22N4O2/c1-3-12-4-6-14(7-5-12)15(11-21)19-16(22)17-8-13-9-18-20(2)10-13/h4-7,9-10,15,21H,3,8,11H2,1-2H3,(H2,17,19,22). The van der Waals surface area contributed by atoms with Gasteiger partial charge in [0.05, 0.1) is 18.8 Å². The van der Waals surface area contributed by atoms with E-state index in [1.165, 1.54) is 5.56 Å². The first-order valence-corrected chi connectivity index (χ1v) is 7.34. The van der Waals surface area contributed by atoms with E-state index < -0.39 is 6.04 Å². The Bertz CT molecular complexity index is 607. The number of benzene rings is 1. The monoisotopic (exact) mass is 302 g/mol. The maximum absolute atomic E-state index is 11.9. The predicted molar refractivity (Wildman–Crippen MR) is 84.2 cm³/mol. The fourth-order valence-electron chi connectivity index (χ4n) is 2.17. The third-order valence-electron chi connectivity index (χ3n) is 3.49. The molecule has 118 valence electrons.